The summed E-state index contributed by atoms with van der Waals surface area (Å²) in [6, 6.07) is 5.80. The SMILES string of the molecule is CC(CCNc1ccc2c(c1)CC(=O)N2C)C(=O)O. The second-order valence-electron chi connectivity index (χ2n) is 4.93. The summed E-state index contributed by atoms with van der Waals surface area (Å²) in [6.45, 7) is 2.30. The van der Waals surface area contributed by atoms with Crippen LogP contribution >= 0.6 is 0 Å². The minimum Gasteiger partial charge on any atom is -0.481 e. The highest BCUT2D eigenvalue weighted by Crippen LogP contribution is 2.29. The van der Waals surface area contributed by atoms with E-state index in [1.807, 2.05) is 18.2 Å². The molecule has 0 saturated carbocycles. The largest absolute Gasteiger partial charge is 0.481 e. The Balaban J connectivity index is 1.95. The van der Waals surface area contributed by atoms with Crippen molar-refractivity contribution in [3.63, 3.8) is 0 Å². The zero-order valence-corrected chi connectivity index (χ0v) is 11.1. The number of carbonyl (C=O) groups is 2. The average molecular weight is 262 g/mol. The molecule has 5 nitrogen and oxygen atoms in total. The number of fused-ring (bicyclic) bond motifs is 1. The smallest absolute Gasteiger partial charge is 0.306 e. The average Bonchev–Trinajstić information content (AvgIpc) is 2.64. The molecule has 0 radical (unpaired) electrons. The first kappa shape index (κ1) is 13.4. The molecule has 0 spiro atoms. The molecule has 0 aliphatic carbocycles. The zero-order valence-electron chi connectivity index (χ0n) is 11.1. The fourth-order valence-electron chi connectivity index (χ4n) is 2.14. The van der Waals surface area contributed by atoms with Gasteiger partial charge in [0.05, 0.1) is 12.3 Å². The molecule has 0 saturated heterocycles. The summed E-state index contributed by atoms with van der Waals surface area (Å²) in [5.74, 6) is -1.02. The predicted molar refractivity (Wildman–Crippen MR) is 73.5 cm³/mol. The summed E-state index contributed by atoms with van der Waals surface area (Å²) in [7, 11) is 1.77. The number of carboxylic acids is 1. The van der Waals surface area contributed by atoms with Crippen molar-refractivity contribution in [1.82, 2.24) is 0 Å². The molecule has 1 aliphatic rings. The first-order valence-corrected chi connectivity index (χ1v) is 6.35. The van der Waals surface area contributed by atoms with Crippen LogP contribution in [0.1, 0.15) is 18.9 Å². The topological polar surface area (TPSA) is 69.6 Å². The van der Waals surface area contributed by atoms with E-state index >= 15 is 0 Å². The third-order valence-corrected chi connectivity index (χ3v) is 3.48. The summed E-state index contributed by atoms with van der Waals surface area (Å²) < 4.78 is 0. The van der Waals surface area contributed by atoms with Crippen molar-refractivity contribution in [3.05, 3.63) is 23.8 Å². The van der Waals surface area contributed by atoms with Crippen molar-refractivity contribution < 1.29 is 14.7 Å². The highest BCUT2D eigenvalue weighted by molar-refractivity contribution is 6.01. The van der Waals surface area contributed by atoms with Gasteiger partial charge in [-0.15, -0.1) is 0 Å². The number of carboxylic acid groups (broad SMARTS) is 1. The Labute approximate surface area is 112 Å². The fourth-order valence-corrected chi connectivity index (χ4v) is 2.14. The Hall–Kier alpha value is -2.04. The second-order valence-corrected chi connectivity index (χ2v) is 4.93. The van der Waals surface area contributed by atoms with Crippen molar-refractivity contribution in [2.75, 3.05) is 23.8 Å². The molecule has 1 aliphatic heterocycles. The Bertz CT molecular complexity index is 513. The maximum absolute atomic E-state index is 11.6. The Morgan fingerprint density at radius 2 is 2.26 bits per heavy atom. The minimum absolute atomic E-state index is 0.103. The van der Waals surface area contributed by atoms with E-state index in [1.165, 1.54) is 0 Å². The Kier molecular flexibility index (Phi) is 3.74. The number of anilines is 2. The van der Waals surface area contributed by atoms with Gasteiger partial charge >= 0.3 is 5.97 Å². The molecule has 5 heteroatoms. The molecule has 1 aromatic carbocycles. The lowest BCUT2D eigenvalue weighted by Gasteiger charge is -2.12. The van der Waals surface area contributed by atoms with Crippen LogP contribution in [-0.2, 0) is 16.0 Å². The van der Waals surface area contributed by atoms with E-state index in [0.29, 0.717) is 19.4 Å². The van der Waals surface area contributed by atoms with Crippen molar-refractivity contribution >= 4 is 23.3 Å². The van der Waals surface area contributed by atoms with Crippen molar-refractivity contribution in [1.29, 1.82) is 0 Å². The molecule has 0 aromatic heterocycles. The van der Waals surface area contributed by atoms with Gasteiger partial charge in [0.2, 0.25) is 5.91 Å². The molecule has 0 bridgehead atoms. The predicted octanol–water partition coefficient (Wildman–Crippen LogP) is 1.73. The van der Waals surface area contributed by atoms with Gasteiger partial charge in [0.25, 0.3) is 0 Å². The standard InChI is InChI=1S/C14H18N2O3/c1-9(14(18)19)5-6-15-11-3-4-12-10(7-11)8-13(17)16(12)2/h3-4,7,9,15H,5-6,8H2,1-2H3,(H,18,19). The quantitative estimate of drug-likeness (QED) is 0.848. The number of rotatable bonds is 5. The van der Waals surface area contributed by atoms with E-state index in [2.05, 4.69) is 5.32 Å². The van der Waals surface area contributed by atoms with E-state index in [1.54, 1.807) is 18.9 Å². The van der Waals surface area contributed by atoms with Crippen LogP contribution in [0.2, 0.25) is 0 Å². The highest BCUT2D eigenvalue weighted by Gasteiger charge is 2.23. The first-order chi connectivity index (χ1) is 8.99. The van der Waals surface area contributed by atoms with E-state index in [0.717, 1.165) is 16.9 Å². The van der Waals surface area contributed by atoms with Gasteiger partial charge in [0.1, 0.15) is 0 Å². The summed E-state index contributed by atoms with van der Waals surface area (Å²) in [5, 5.41) is 12.0. The van der Waals surface area contributed by atoms with Gasteiger partial charge in [-0.3, -0.25) is 9.59 Å². The lowest BCUT2D eigenvalue weighted by atomic mass is 10.1. The van der Waals surface area contributed by atoms with E-state index in [9.17, 15) is 9.59 Å². The third-order valence-electron chi connectivity index (χ3n) is 3.48. The van der Waals surface area contributed by atoms with Gasteiger partial charge < -0.3 is 15.3 Å². The molecule has 1 amide bonds. The van der Waals surface area contributed by atoms with Crippen LogP contribution in [0.15, 0.2) is 18.2 Å². The highest BCUT2D eigenvalue weighted by atomic mass is 16.4. The molecule has 2 rings (SSSR count). The number of carbonyl (C=O) groups excluding carboxylic acids is 1. The summed E-state index contributed by atoms with van der Waals surface area (Å²) in [4.78, 5) is 23.9. The third kappa shape index (κ3) is 2.86. The van der Waals surface area contributed by atoms with E-state index in [4.69, 9.17) is 5.11 Å². The van der Waals surface area contributed by atoms with Gasteiger partial charge in [-0.25, -0.2) is 0 Å². The number of nitrogens with zero attached hydrogens (tertiary/aromatic N) is 1. The number of hydrogen-bond acceptors (Lipinski definition) is 3. The monoisotopic (exact) mass is 262 g/mol. The van der Waals surface area contributed by atoms with Gasteiger partial charge in [-0.05, 0) is 30.2 Å². The number of amides is 1. The molecular weight excluding hydrogens is 244 g/mol. The van der Waals surface area contributed by atoms with Crippen LogP contribution < -0.4 is 10.2 Å². The molecule has 1 aromatic rings. The van der Waals surface area contributed by atoms with Crippen molar-refractivity contribution in [2.45, 2.75) is 19.8 Å². The van der Waals surface area contributed by atoms with Crippen LogP contribution in [0.4, 0.5) is 11.4 Å². The molecule has 1 atom stereocenters. The summed E-state index contributed by atoms with van der Waals surface area (Å²) in [6.07, 6.45) is 1.01. The normalized spacial score (nSPS) is 15.3. The van der Waals surface area contributed by atoms with Crippen LogP contribution in [0.3, 0.4) is 0 Å². The summed E-state index contributed by atoms with van der Waals surface area (Å²) in [5.41, 5.74) is 2.90. The molecule has 1 unspecified atom stereocenters. The van der Waals surface area contributed by atoms with Crippen LogP contribution in [0.5, 0.6) is 0 Å². The number of likely N-dealkylation sites (N-methyl/N-ethyl adjacent to an activating group) is 1. The van der Waals surface area contributed by atoms with Crippen LogP contribution in [0.25, 0.3) is 0 Å². The van der Waals surface area contributed by atoms with E-state index in [-0.39, 0.29) is 11.8 Å². The molecule has 0 fully saturated rings. The maximum Gasteiger partial charge on any atom is 0.306 e. The molecule has 102 valence electrons. The zero-order chi connectivity index (χ0) is 14.0. The van der Waals surface area contributed by atoms with Gasteiger partial charge in [-0.2, -0.15) is 0 Å². The molecule has 1 heterocycles. The number of benzene rings is 1. The van der Waals surface area contributed by atoms with Crippen LogP contribution in [0, 0.1) is 5.92 Å². The maximum atomic E-state index is 11.6. The molecule has 19 heavy (non-hydrogen) atoms. The first-order valence-electron chi connectivity index (χ1n) is 6.35. The number of nitrogens with one attached hydrogen (secondary N) is 1. The van der Waals surface area contributed by atoms with E-state index < -0.39 is 5.97 Å². The minimum atomic E-state index is -0.775. The van der Waals surface area contributed by atoms with Crippen molar-refractivity contribution in [2.24, 2.45) is 5.92 Å². The lowest BCUT2D eigenvalue weighted by Crippen LogP contribution is -2.20. The van der Waals surface area contributed by atoms with Gasteiger partial charge in [0, 0.05) is 25.0 Å². The fraction of sp³-hybridized carbons (Fsp3) is 0.429. The molecule has 2 N–H and O–H groups in total. The Morgan fingerprint density at radius 1 is 1.53 bits per heavy atom. The van der Waals surface area contributed by atoms with Crippen LogP contribution in [-0.4, -0.2) is 30.6 Å². The lowest BCUT2D eigenvalue weighted by molar-refractivity contribution is -0.141. The van der Waals surface area contributed by atoms with Crippen molar-refractivity contribution in [3.8, 4) is 0 Å². The number of aliphatic carboxylic acids is 1. The number of hydrogen-bond donors (Lipinski definition) is 2. The van der Waals surface area contributed by atoms with Gasteiger partial charge in [-0.1, -0.05) is 6.92 Å². The second kappa shape index (κ2) is 5.30. The summed E-state index contributed by atoms with van der Waals surface area (Å²) >= 11 is 0. The van der Waals surface area contributed by atoms with Gasteiger partial charge in [0.15, 0.2) is 0 Å². The molecular formula is C14H18N2O3. The Morgan fingerprint density at radius 3 is 2.95 bits per heavy atom.